The highest BCUT2D eigenvalue weighted by atomic mass is 32.2. The van der Waals surface area contributed by atoms with Crippen molar-refractivity contribution in [3.8, 4) is 16.9 Å². The Bertz CT molecular complexity index is 1040. The number of amides is 1. The number of ether oxygens (including phenoxy) is 2. The van der Waals surface area contributed by atoms with Gasteiger partial charge in [-0.1, -0.05) is 24.3 Å². The fraction of sp³-hybridized carbons (Fsp3) is 0.458. The van der Waals surface area contributed by atoms with Gasteiger partial charge in [0.15, 0.2) is 9.84 Å². The van der Waals surface area contributed by atoms with E-state index in [0.29, 0.717) is 29.3 Å². The largest absolute Gasteiger partial charge is 0.493 e. The van der Waals surface area contributed by atoms with Gasteiger partial charge in [0.1, 0.15) is 11.4 Å². The summed E-state index contributed by atoms with van der Waals surface area (Å²) < 4.78 is 34.6. The van der Waals surface area contributed by atoms with Crippen LogP contribution < -0.4 is 4.74 Å². The molecule has 4 rings (SSSR count). The summed E-state index contributed by atoms with van der Waals surface area (Å²) in [6, 6.07) is 14.7. The van der Waals surface area contributed by atoms with Gasteiger partial charge in [-0.25, -0.2) is 13.2 Å². The minimum atomic E-state index is -3.19. The number of hydrogen-bond donors (Lipinski definition) is 0. The van der Waals surface area contributed by atoms with Crippen LogP contribution in [0.1, 0.15) is 20.8 Å². The zero-order valence-electron chi connectivity index (χ0n) is 18.4. The predicted octanol–water partition coefficient (Wildman–Crippen LogP) is 4.25. The van der Waals surface area contributed by atoms with Crippen LogP contribution in [0.15, 0.2) is 53.4 Å². The van der Waals surface area contributed by atoms with E-state index in [1.54, 1.807) is 17.0 Å². The number of piperidine rings is 1. The summed E-state index contributed by atoms with van der Waals surface area (Å²) in [5, 5.41) is 0. The molecular formula is C24H29NO5S. The molecule has 0 aromatic heterocycles. The van der Waals surface area contributed by atoms with Crippen molar-refractivity contribution in [2.45, 2.75) is 31.3 Å². The Kier molecular flexibility index (Phi) is 5.50. The Morgan fingerprint density at radius 1 is 0.968 bits per heavy atom. The Morgan fingerprint density at radius 2 is 1.48 bits per heavy atom. The van der Waals surface area contributed by atoms with Crippen molar-refractivity contribution in [3.05, 3.63) is 48.5 Å². The van der Waals surface area contributed by atoms with Gasteiger partial charge in [-0.15, -0.1) is 0 Å². The van der Waals surface area contributed by atoms with E-state index in [0.717, 1.165) is 30.0 Å². The Labute approximate surface area is 184 Å². The molecule has 2 aromatic carbocycles. The summed E-state index contributed by atoms with van der Waals surface area (Å²) in [7, 11) is -3.19. The highest BCUT2D eigenvalue weighted by molar-refractivity contribution is 7.90. The predicted molar refractivity (Wildman–Crippen MR) is 119 cm³/mol. The third kappa shape index (κ3) is 5.03. The topological polar surface area (TPSA) is 72.9 Å². The molecule has 0 spiro atoms. The Balaban J connectivity index is 1.27. The standard InChI is InChI=1S/C24H29NO5S/c1-24(2,3)30-23(26)25-13-20-21(14-25)22(20)15-29-18-9-5-16(6-10-18)17-7-11-19(12-8-17)31(4,27)28/h5-12,20-22H,13-15H2,1-4H3/t20-,21+,22?. The van der Waals surface area contributed by atoms with Gasteiger partial charge in [-0.2, -0.15) is 0 Å². The van der Waals surface area contributed by atoms with Gasteiger partial charge < -0.3 is 14.4 Å². The lowest BCUT2D eigenvalue weighted by molar-refractivity contribution is 0.0261. The zero-order valence-corrected chi connectivity index (χ0v) is 19.2. The number of likely N-dealkylation sites (tertiary alicyclic amines) is 1. The van der Waals surface area contributed by atoms with E-state index in [1.807, 2.05) is 57.2 Å². The van der Waals surface area contributed by atoms with Crippen LogP contribution in [0.3, 0.4) is 0 Å². The molecule has 0 N–H and O–H groups in total. The van der Waals surface area contributed by atoms with Crippen molar-refractivity contribution in [3.63, 3.8) is 0 Å². The first-order chi connectivity index (χ1) is 14.5. The van der Waals surface area contributed by atoms with Crippen molar-refractivity contribution in [2.75, 3.05) is 26.0 Å². The zero-order chi connectivity index (χ0) is 22.4. The van der Waals surface area contributed by atoms with Crippen molar-refractivity contribution in [1.29, 1.82) is 0 Å². The van der Waals surface area contributed by atoms with Gasteiger partial charge in [0.2, 0.25) is 0 Å². The van der Waals surface area contributed by atoms with Gasteiger partial charge in [-0.3, -0.25) is 0 Å². The maximum atomic E-state index is 12.2. The van der Waals surface area contributed by atoms with Crippen LogP contribution in [0.2, 0.25) is 0 Å². The van der Waals surface area contributed by atoms with Gasteiger partial charge in [0.05, 0.1) is 11.5 Å². The molecule has 1 unspecified atom stereocenters. The number of carbonyl (C=O) groups is 1. The van der Waals surface area contributed by atoms with Crippen LogP contribution in [0.25, 0.3) is 11.1 Å². The summed E-state index contributed by atoms with van der Waals surface area (Å²) in [5.41, 5.74) is 1.50. The normalized spacial score (nSPS) is 22.7. The van der Waals surface area contributed by atoms with Crippen LogP contribution in [0, 0.1) is 17.8 Å². The number of sulfone groups is 1. The van der Waals surface area contributed by atoms with E-state index in [1.165, 1.54) is 6.26 Å². The molecule has 1 aliphatic carbocycles. The molecule has 1 aliphatic heterocycles. The summed E-state index contributed by atoms with van der Waals surface area (Å²) >= 11 is 0. The minimum Gasteiger partial charge on any atom is -0.493 e. The summed E-state index contributed by atoms with van der Waals surface area (Å²) in [6.07, 6.45) is 0.983. The maximum Gasteiger partial charge on any atom is 0.410 e. The molecule has 1 saturated heterocycles. The molecular weight excluding hydrogens is 414 g/mol. The average molecular weight is 444 g/mol. The number of fused-ring (bicyclic) bond motifs is 1. The number of carbonyl (C=O) groups excluding carboxylic acids is 1. The lowest BCUT2D eigenvalue weighted by Crippen LogP contribution is -2.37. The first kappa shape index (κ1) is 21.7. The molecule has 2 aliphatic rings. The molecule has 1 amide bonds. The summed E-state index contributed by atoms with van der Waals surface area (Å²) in [5.74, 6) is 2.30. The molecule has 31 heavy (non-hydrogen) atoms. The molecule has 1 saturated carbocycles. The number of benzene rings is 2. The van der Waals surface area contributed by atoms with Crippen molar-refractivity contribution in [1.82, 2.24) is 4.90 Å². The van der Waals surface area contributed by atoms with E-state index >= 15 is 0 Å². The van der Waals surface area contributed by atoms with Crippen molar-refractivity contribution < 1.29 is 22.7 Å². The molecule has 1 heterocycles. The van der Waals surface area contributed by atoms with Gasteiger partial charge in [0, 0.05) is 25.3 Å². The second-order valence-electron chi connectivity index (χ2n) is 9.51. The first-order valence-electron chi connectivity index (χ1n) is 10.5. The molecule has 0 radical (unpaired) electrons. The summed E-state index contributed by atoms with van der Waals surface area (Å²) in [6.45, 7) is 7.79. The van der Waals surface area contributed by atoms with E-state index in [4.69, 9.17) is 9.47 Å². The minimum absolute atomic E-state index is 0.223. The molecule has 6 nitrogen and oxygen atoms in total. The lowest BCUT2D eigenvalue weighted by Gasteiger charge is -2.25. The molecule has 3 atom stereocenters. The molecule has 2 aromatic rings. The fourth-order valence-corrected chi connectivity index (χ4v) is 4.83. The van der Waals surface area contributed by atoms with Gasteiger partial charge in [0.25, 0.3) is 0 Å². The molecule has 0 bridgehead atoms. The third-order valence-corrected chi connectivity index (χ3v) is 7.06. The fourth-order valence-electron chi connectivity index (χ4n) is 4.20. The molecule has 166 valence electrons. The number of rotatable bonds is 5. The third-order valence-electron chi connectivity index (χ3n) is 5.94. The first-order valence-corrected chi connectivity index (χ1v) is 12.4. The van der Waals surface area contributed by atoms with Crippen LogP contribution in [0.5, 0.6) is 5.75 Å². The highest BCUT2D eigenvalue weighted by Gasteiger charge is 2.57. The van der Waals surface area contributed by atoms with Crippen LogP contribution in [0.4, 0.5) is 4.79 Å². The van der Waals surface area contributed by atoms with Crippen LogP contribution >= 0.6 is 0 Å². The van der Waals surface area contributed by atoms with Crippen LogP contribution in [-0.2, 0) is 14.6 Å². The number of nitrogens with zero attached hydrogens (tertiary/aromatic N) is 1. The van der Waals surface area contributed by atoms with E-state index in [9.17, 15) is 13.2 Å². The van der Waals surface area contributed by atoms with Crippen molar-refractivity contribution in [2.24, 2.45) is 17.8 Å². The summed E-state index contributed by atoms with van der Waals surface area (Å²) in [4.78, 5) is 14.3. The Hall–Kier alpha value is -2.54. The molecule has 7 heteroatoms. The highest BCUT2D eigenvalue weighted by Crippen LogP contribution is 2.52. The smallest absolute Gasteiger partial charge is 0.410 e. The van der Waals surface area contributed by atoms with Gasteiger partial charge >= 0.3 is 6.09 Å². The van der Waals surface area contributed by atoms with Crippen LogP contribution in [-0.4, -0.2) is 51.0 Å². The van der Waals surface area contributed by atoms with E-state index in [-0.39, 0.29) is 6.09 Å². The lowest BCUT2D eigenvalue weighted by atomic mass is 10.1. The average Bonchev–Trinajstić information content (AvgIpc) is 3.13. The quantitative estimate of drug-likeness (QED) is 0.691. The van der Waals surface area contributed by atoms with E-state index in [2.05, 4.69) is 0 Å². The van der Waals surface area contributed by atoms with Gasteiger partial charge in [-0.05, 0) is 68.0 Å². The van der Waals surface area contributed by atoms with E-state index < -0.39 is 15.4 Å². The second kappa shape index (κ2) is 7.86. The van der Waals surface area contributed by atoms with Crippen molar-refractivity contribution >= 4 is 15.9 Å². The number of hydrogen-bond acceptors (Lipinski definition) is 5. The maximum absolute atomic E-state index is 12.2. The monoisotopic (exact) mass is 443 g/mol. The second-order valence-corrected chi connectivity index (χ2v) is 11.5. The Morgan fingerprint density at radius 3 is 1.97 bits per heavy atom. The SMILES string of the molecule is CC(C)(C)OC(=O)N1C[C@@H]2C(COc3ccc(-c4ccc(S(C)(=O)=O)cc4)cc3)[C@@H]2C1. The molecule has 2 fully saturated rings.